The van der Waals surface area contributed by atoms with Crippen LogP contribution in [0.3, 0.4) is 0 Å². The lowest BCUT2D eigenvalue weighted by molar-refractivity contribution is -0.136. The largest absolute Gasteiger partial charge is 0.372 e. The van der Waals surface area contributed by atoms with Crippen molar-refractivity contribution in [3.8, 4) is 0 Å². The number of anilines is 2. The number of hydrogen-bond donors (Lipinski definition) is 2. The zero-order valence-electron chi connectivity index (χ0n) is 15.1. The van der Waals surface area contributed by atoms with Gasteiger partial charge in [-0.25, -0.2) is 0 Å². The lowest BCUT2D eigenvalue weighted by Crippen LogP contribution is -2.35. The molecule has 2 amide bonds. The molecule has 5 nitrogen and oxygen atoms in total. The van der Waals surface area contributed by atoms with Gasteiger partial charge in [-0.2, -0.15) is 0 Å². The minimum Gasteiger partial charge on any atom is -0.372 e. The number of carbonyl (C=O) groups excluding carboxylic acids is 2. The molecule has 1 aliphatic heterocycles. The quantitative estimate of drug-likeness (QED) is 0.832. The van der Waals surface area contributed by atoms with Crippen LogP contribution in [0.2, 0.25) is 0 Å². The van der Waals surface area contributed by atoms with Gasteiger partial charge < -0.3 is 15.5 Å². The van der Waals surface area contributed by atoms with E-state index < -0.39 is 11.8 Å². The van der Waals surface area contributed by atoms with E-state index in [0.717, 1.165) is 30.3 Å². The summed E-state index contributed by atoms with van der Waals surface area (Å²) in [6.45, 7) is 4.75. The topological polar surface area (TPSA) is 61.4 Å². The Hall–Kier alpha value is -2.82. The van der Waals surface area contributed by atoms with Gasteiger partial charge in [0, 0.05) is 31.0 Å². The van der Waals surface area contributed by atoms with Crippen molar-refractivity contribution in [3.63, 3.8) is 0 Å². The maximum atomic E-state index is 12.0. The summed E-state index contributed by atoms with van der Waals surface area (Å²) in [6, 6.07) is 17.2. The molecular formula is C21H25N3O2. The van der Waals surface area contributed by atoms with Crippen LogP contribution in [-0.4, -0.2) is 24.9 Å². The Bertz CT molecular complexity index is 736. The maximum absolute atomic E-state index is 12.0. The Morgan fingerprint density at radius 2 is 1.62 bits per heavy atom. The molecule has 0 aliphatic carbocycles. The van der Waals surface area contributed by atoms with Gasteiger partial charge in [0.1, 0.15) is 0 Å². The average molecular weight is 351 g/mol. The number of nitrogens with one attached hydrogen (secondary N) is 2. The van der Waals surface area contributed by atoms with Crippen LogP contribution in [0.5, 0.6) is 0 Å². The summed E-state index contributed by atoms with van der Waals surface area (Å²) in [5, 5.41) is 5.27. The molecule has 136 valence electrons. The van der Waals surface area contributed by atoms with Crippen molar-refractivity contribution < 1.29 is 9.59 Å². The Kier molecular flexibility index (Phi) is 5.89. The summed E-state index contributed by atoms with van der Waals surface area (Å²) in [6.07, 6.45) is 2.42. The van der Waals surface area contributed by atoms with Crippen molar-refractivity contribution in [2.75, 3.05) is 23.3 Å². The third-order valence-electron chi connectivity index (χ3n) is 4.78. The molecule has 0 spiro atoms. The number of nitrogens with zero attached hydrogens (tertiary/aromatic N) is 1. The summed E-state index contributed by atoms with van der Waals surface area (Å²) in [5.41, 5.74) is 2.73. The van der Waals surface area contributed by atoms with E-state index in [1.807, 2.05) is 54.6 Å². The second-order valence-corrected chi connectivity index (χ2v) is 6.84. The van der Waals surface area contributed by atoms with E-state index in [9.17, 15) is 9.59 Å². The highest BCUT2D eigenvalue weighted by molar-refractivity contribution is 6.39. The predicted octanol–water partition coefficient (Wildman–Crippen LogP) is 3.18. The standard InChI is InChI=1S/C21H25N3O2/c1-16-11-13-24(14-12-16)19-9-7-18(8-10-19)23-21(26)20(25)22-15-17-5-3-2-4-6-17/h2-10,16H,11-15H2,1H3,(H,22,25)(H,23,26). The van der Waals surface area contributed by atoms with Crippen molar-refractivity contribution in [3.05, 3.63) is 60.2 Å². The third-order valence-corrected chi connectivity index (χ3v) is 4.78. The van der Waals surface area contributed by atoms with Gasteiger partial charge in [0.2, 0.25) is 0 Å². The Morgan fingerprint density at radius 1 is 0.962 bits per heavy atom. The smallest absolute Gasteiger partial charge is 0.313 e. The zero-order chi connectivity index (χ0) is 18.4. The highest BCUT2D eigenvalue weighted by atomic mass is 16.2. The van der Waals surface area contributed by atoms with E-state index in [4.69, 9.17) is 0 Å². The average Bonchev–Trinajstić information content (AvgIpc) is 2.68. The number of amides is 2. The van der Waals surface area contributed by atoms with Crippen LogP contribution in [0.1, 0.15) is 25.3 Å². The van der Waals surface area contributed by atoms with Crippen molar-refractivity contribution in [1.29, 1.82) is 0 Å². The summed E-state index contributed by atoms with van der Waals surface area (Å²) < 4.78 is 0. The van der Waals surface area contributed by atoms with Crippen molar-refractivity contribution >= 4 is 23.2 Å². The minimum absolute atomic E-state index is 0.333. The molecule has 1 saturated heterocycles. The van der Waals surface area contributed by atoms with Crippen LogP contribution in [0.15, 0.2) is 54.6 Å². The van der Waals surface area contributed by atoms with Gasteiger partial charge in [-0.05, 0) is 48.6 Å². The normalized spacial score (nSPS) is 14.7. The SMILES string of the molecule is CC1CCN(c2ccc(NC(=O)C(=O)NCc3ccccc3)cc2)CC1. The molecule has 26 heavy (non-hydrogen) atoms. The van der Waals surface area contributed by atoms with E-state index >= 15 is 0 Å². The van der Waals surface area contributed by atoms with Gasteiger partial charge in [0.25, 0.3) is 0 Å². The lowest BCUT2D eigenvalue weighted by Gasteiger charge is -2.32. The lowest BCUT2D eigenvalue weighted by atomic mass is 9.99. The molecule has 2 aromatic carbocycles. The molecule has 0 atom stereocenters. The summed E-state index contributed by atoms with van der Waals surface area (Å²) in [5.74, 6) is -0.498. The van der Waals surface area contributed by atoms with Crippen LogP contribution in [-0.2, 0) is 16.1 Å². The number of hydrogen-bond acceptors (Lipinski definition) is 3. The fraction of sp³-hybridized carbons (Fsp3) is 0.333. The summed E-state index contributed by atoms with van der Waals surface area (Å²) >= 11 is 0. The number of piperidine rings is 1. The minimum atomic E-state index is -0.652. The van der Waals surface area contributed by atoms with Gasteiger partial charge in [-0.15, -0.1) is 0 Å². The fourth-order valence-electron chi connectivity index (χ4n) is 3.07. The van der Waals surface area contributed by atoms with E-state index in [2.05, 4.69) is 22.5 Å². The van der Waals surface area contributed by atoms with Gasteiger partial charge in [-0.3, -0.25) is 9.59 Å². The van der Waals surface area contributed by atoms with E-state index in [1.54, 1.807) is 0 Å². The number of benzene rings is 2. The Balaban J connectivity index is 1.50. The molecule has 0 unspecified atom stereocenters. The van der Waals surface area contributed by atoms with Gasteiger partial charge in [0.15, 0.2) is 0 Å². The van der Waals surface area contributed by atoms with Crippen molar-refractivity contribution in [2.45, 2.75) is 26.3 Å². The number of rotatable bonds is 4. The summed E-state index contributed by atoms with van der Waals surface area (Å²) in [4.78, 5) is 26.3. The zero-order valence-corrected chi connectivity index (χ0v) is 15.1. The van der Waals surface area contributed by atoms with Crippen LogP contribution in [0.4, 0.5) is 11.4 Å². The highest BCUT2D eigenvalue weighted by Gasteiger charge is 2.17. The fourth-order valence-corrected chi connectivity index (χ4v) is 3.07. The monoisotopic (exact) mass is 351 g/mol. The van der Waals surface area contributed by atoms with Gasteiger partial charge >= 0.3 is 11.8 Å². The van der Waals surface area contributed by atoms with Gasteiger partial charge in [-0.1, -0.05) is 37.3 Å². The molecule has 0 radical (unpaired) electrons. The van der Waals surface area contributed by atoms with Gasteiger partial charge in [0.05, 0.1) is 0 Å². The predicted molar refractivity (Wildman–Crippen MR) is 104 cm³/mol. The van der Waals surface area contributed by atoms with Crippen molar-refractivity contribution in [2.24, 2.45) is 5.92 Å². The molecule has 1 fully saturated rings. The summed E-state index contributed by atoms with van der Waals surface area (Å²) in [7, 11) is 0. The second-order valence-electron chi connectivity index (χ2n) is 6.84. The Morgan fingerprint density at radius 3 is 2.27 bits per heavy atom. The second kappa shape index (κ2) is 8.52. The first-order valence-electron chi connectivity index (χ1n) is 9.10. The molecule has 1 aliphatic rings. The molecule has 0 bridgehead atoms. The van der Waals surface area contributed by atoms with Crippen molar-refractivity contribution in [1.82, 2.24) is 5.32 Å². The molecule has 2 aromatic rings. The van der Waals surface area contributed by atoms with E-state index in [0.29, 0.717) is 12.2 Å². The molecule has 3 rings (SSSR count). The van der Waals surface area contributed by atoms with Crippen LogP contribution < -0.4 is 15.5 Å². The third kappa shape index (κ3) is 4.85. The van der Waals surface area contributed by atoms with E-state index in [1.165, 1.54) is 12.8 Å². The maximum Gasteiger partial charge on any atom is 0.313 e. The highest BCUT2D eigenvalue weighted by Crippen LogP contribution is 2.24. The molecule has 0 aromatic heterocycles. The van der Waals surface area contributed by atoms with Crippen LogP contribution in [0.25, 0.3) is 0 Å². The molecule has 2 N–H and O–H groups in total. The number of carbonyl (C=O) groups is 2. The first-order valence-corrected chi connectivity index (χ1v) is 9.10. The van der Waals surface area contributed by atoms with Crippen LogP contribution >= 0.6 is 0 Å². The Labute approximate surface area is 154 Å². The van der Waals surface area contributed by atoms with Crippen LogP contribution in [0, 0.1) is 5.92 Å². The molecular weight excluding hydrogens is 326 g/mol. The first kappa shape index (κ1) is 18.0. The van der Waals surface area contributed by atoms with E-state index in [-0.39, 0.29) is 0 Å². The first-order chi connectivity index (χ1) is 12.6. The molecule has 0 saturated carbocycles. The molecule has 5 heteroatoms. The molecule has 1 heterocycles.